The van der Waals surface area contributed by atoms with E-state index in [1.807, 2.05) is 0 Å². The molecule has 0 saturated heterocycles. The summed E-state index contributed by atoms with van der Waals surface area (Å²) in [5.74, 6) is -1.25. The topological polar surface area (TPSA) is 98.3 Å². The lowest BCUT2D eigenvalue weighted by Crippen LogP contribution is -2.34. The highest BCUT2D eigenvalue weighted by Gasteiger charge is 2.27. The van der Waals surface area contributed by atoms with Crippen LogP contribution in [0.4, 0.5) is 15.8 Å². The average Bonchev–Trinajstić information content (AvgIpc) is 2.38. The van der Waals surface area contributed by atoms with Crippen LogP contribution in [0, 0.1) is 21.8 Å². The fourth-order valence-electron chi connectivity index (χ4n) is 2.47. The van der Waals surface area contributed by atoms with Gasteiger partial charge in [-0.15, -0.1) is 0 Å². The summed E-state index contributed by atoms with van der Waals surface area (Å²) in [4.78, 5) is 22.3. The zero-order chi connectivity index (χ0) is 14.7. The number of halogens is 1. The fourth-order valence-corrected chi connectivity index (χ4v) is 2.47. The van der Waals surface area contributed by atoms with Crippen LogP contribution in [-0.4, -0.2) is 16.9 Å². The predicted molar refractivity (Wildman–Crippen MR) is 71.6 cm³/mol. The Bertz CT molecular complexity index is 536. The molecule has 1 fully saturated rings. The van der Waals surface area contributed by atoms with Crippen LogP contribution in [0.1, 0.15) is 25.7 Å². The maximum absolute atomic E-state index is 13.2. The molecule has 7 heteroatoms. The molecular formula is C13H16FN3O3. The van der Waals surface area contributed by atoms with Crippen LogP contribution in [0.25, 0.3) is 0 Å². The molecule has 1 aromatic rings. The lowest BCUT2D eigenvalue weighted by molar-refractivity contribution is -0.384. The molecule has 2 atom stereocenters. The summed E-state index contributed by atoms with van der Waals surface area (Å²) < 4.78 is 13.2. The zero-order valence-electron chi connectivity index (χ0n) is 10.8. The van der Waals surface area contributed by atoms with Crippen molar-refractivity contribution in [2.45, 2.75) is 31.7 Å². The number of carbonyl (C=O) groups excluding carboxylic acids is 1. The van der Waals surface area contributed by atoms with E-state index in [1.54, 1.807) is 0 Å². The van der Waals surface area contributed by atoms with Gasteiger partial charge in [0.25, 0.3) is 5.69 Å². The van der Waals surface area contributed by atoms with Crippen molar-refractivity contribution in [2.24, 2.45) is 11.7 Å². The first-order valence-electron chi connectivity index (χ1n) is 6.47. The summed E-state index contributed by atoms with van der Waals surface area (Å²) in [6, 6.07) is 2.96. The van der Waals surface area contributed by atoms with Crippen LogP contribution in [0.3, 0.4) is 0 Å². The normalized spacial score (nSPS) is 22.3. The highest BCUT2D eigenvalue weighted by molar-refractivity contribution is 5.94. The number of nitro benzene ring substituents is 1. The second kappa shape index (κ2) is 5.96. The lowest BCUT2D eigenvalue weighted by Gasteiger charge is -2.25. The third-order valence-corrected chi connectivity index (χ3v) is 3.50. The van der Waals surface area contributed by atoms with Gasteiger partial charge in [-0.1, -0.05) is 6.42 Å². The highest BCUT2D eigenvalue weighted by atomic mass is 19.1. The van der Waals surface area contributed by atoms with Gasteiger partial charge in [0.1, 0.15) is 11.5 Å². The monoisotopic (exact) mass is 281 g/mol. The van der Waals surface area contributed by atoms with Crippen molar-refractivity contribution in [3.05, 3.63) is 34.1 Å². The minimum Gasteiger partial charge on any atom is -0.328 e. The number of hydrogen-bond acceptors (Lipinski definition) is 4. The van der Waals surface area contributed by atoms with Crippen LogP contribution in [0.5, 0.6) is 0 Å². The molecule has 2 rings (SSSR count). The third-order valence-electron chi connectivity index (χ3n) is 3.50. The number of nitro groups is 1. The molecule has 0 bridgehead atoms. The van der Waals surface area contributed by atoms with Crippen molar-refractivity contribution < 1.29 is 14.1 Å². The summed E-state index contributed by atoms with van der Waals surface area (Å²) in [5.41, 5.74) is 5.38. The SMILES string of the molecule is NC1CCCC(C(=O)Nc2cc(F)ccc2[N+](=O)[O-])C1. The van der Waals surface area contributed by atoms with Crippen molar-refractivity contribution in [3.63, 3.8) is 0 Å². The highest BCUT2D eigenvalue weighted by Crippen LogP contribution is 2.28. The van der Waals surface area contributed by atoms with Crippen molar-refractivity contribution in [1.29, 1.82) is 0 Å². The number of rotatable bonds is 3. The minimum atomic E-state index is -0.651. The van der Waals surface area contributed by atoms with Gasteiger partial charge in [0, 0.05) is 24.1 Å². The van der Waals surface area contributed by atoms with Gasteiger partial charge in [-0.2, -0.15) is 0 Å². The van der Waals surface area contributed by atoms with Gasteiger partial charge >= 0.3 is 0 Å². The van der Waals surface area contributed by atoms with Crippen LogP contribution < -0.4 is 11.1 Å². The Morgan fingerprint density at radius 1 is 1.45 bits per heavy atom. The molecule has 0 aromatic heterocycles. The van der Waals surface area contributed by atoms with Gasteiger partial charge in [0.05, 0.1) is 4.92 Å². The van der Waals surface area contributed by atoms with Crippen molar-refractivity contribution in [3.8, 4) is 0 Å². The quantitative estimate of drug-likeness (QED) is 0.655. The van der Waals surface area contributed by atoms with Crippen LogP contribution in [-0.2, 0) is 4.79 Å². The zero-order valence-corrected chi connectivity index (χ0v) is 10.8. The Kier molecular flexibility index (Phi) is 4.29. The summed E-state index contributed by atoms with van der Waals surface area (Å²) in [6.45, 7) is 0. The van der Waals surface area contributed by atoms with Gasteiger partial charge in [-0.25, -0.2) is 4.39 Å². The van der Waals surface area contributed by atoms with E-state index in [1.165, 1.54) is 0 Å². The van der Waals surface area contributed by atoms with Crippen molar-refractivity contribution >= 4 is 17.3 Å². The molecule has 1 aliphatic carbocycles. The molecule has 1 aromatic carbocycles. The van der Waals surface area contributed by atoms with Gasteiger partial charge in [-0.05, 0) is 25.3 Å². The first kappa shape index (κ1) is 14.4. The predicted octanol–water partition coefficient (Wildman–Crippen LogP) is 2.19. The fraction of sp³-hybridized carbons (Fsp3) is 0.462. The second-order valence-corrected chi connectivity index (χ2v) is 5.03. The smallest absolute Gasteiger partial charge is 0.292 e. The molecule has 0 heterocycles. The molecule has 0 radical (unpaired) electrons. The summed E-state index contributed by atoms with van der Waals surface area (Å²) >= 11 is 0. The number of amides is 1. The van der Waals surface area contributed by atoms with E-state index in [0.29, 0.717) is 12.8 Å². The Morgan fingerprint density at radius 2 is 2.20 bits per heavy atom. The number of nitrogens with two attached hydrogens (primary N) is 1. The number of nitrogens with one attached hydrogen (secondary N) is 1. The maximum Gasteiger partial charge on any atom is 0.292 e. The van der Waals surface area contributed by atoms with E-state index >= 15 is 0 Å². The average molecular weight is 281 g/mol. The summed E-state index contributed by atoms with van der Waals surface area (Å²) in [7, 11) is 0. The lowest BCUT2D eigenvalue weighted by atomic mass is 9.85. The largest absolute Gasteiger partial charge is 0.328 e. The second-order valence-electron chi connectivity index (χ2n) is 5.03. The van der Waals surface area contributed by atoms with Crippen molar-refractivity contribution in [1.82, 2.24) is 0 Å². The number of nitrogens with zero attached hydrogens (tertiary/aromatic N) is 1. The van der Waals surface area contributed by atoms with Gasteiger partial charge in [-0.3, -0.25) is 14.9 Å². The molecule has 1 saturated carbocycles. The molecule has 2 unspecified atom stereocenters. The molecule has 1 aliphatic rings. The van der Waals surface area contributed by atoms with E-state index < -0.39 is 10.7 Å². The van der Waals surface area contributed by atoms with Gasteiger partial charge in [0.2, 0.25) is 5.91 Å². The Morgan fingerprint density at radius 3 is 2.85 bits per heavy atom. The Hall–Kier alpha value is -2.02. The van der Waals surface area contributed by atoms with Crippen LogP contribution >= 0.6 is 0 Å². The summed E-state index contributed by atoms with van der Waals surface area (Å²) in [5, 5.41) is 13.3. The maximum atomic E-state index is 13.2. The van der Waals surface area contributed by atoms with E-state index in [4.69, 9.17) is 5.73 Å². The molecule has 6 nitrogen and oxygen atoms in total. The molecule has 108 valence electrons. The van der Waals surface area contributed by atoms with Crippen LogP contribution in [0.15, 0.2) is 18.2 Å². The number of carbonyl (C=O) groups is 1. The first-order chi connectivity index (χ1) is 9.47. The molecule has 3 N–H and O–H groups in total. The summed E-state index contributed by atoms with van der Waals surface area (Å²) in [6.07, 6.45) is 2.98. The molecule has 0 spiro atoms. The number of hydrogen-bond donors (Lipinski definition) is 2. The van der Waals surface area contributed by atoms with E-state index in [9.17, 15) is 19.3 Å². The standard InChI is InChI=1S/C13H16FN3O3/c14-9-4-5-12(17(19)20)11(7-9)16-13(18)8-2-1-3-10(15)6-8/h4-5,7-8,10H,1-3,6,15H2,(H,16,18). The van der Waals surface area contributed by atoms with E-state index in [0.717, 1.165) is 31.0 Å². The van der Waals surface area contributed by atoms with Crippen LogP contribution in [0.2, 0.25) is 0 Å². The number of benzene rings is 1. The Balaban J connectivity index is 2.14. The van der Waals surface area contributed by atoms with Gasteiger partial charge in [0.15, 0.2) is 0 Å². The molecule has 20 heavy (non-hydrogen) atoms. The Labute approximate surface area is 115 Å². The van der Waals surface area contributed by atoms with Crippen molar-refractivity contribution in [2.75, 3.05) is 5.32 Å². The minimum absolute atomic E-state index is 0.0259. The third kappa shape index (κ3) is 3.30. The first-order valence-corrected chi connectivity index (χ1v) is 6.47. The molecular weight excluding hydrogens is 265 g/mol. The van der Waals surface area contributed by atoms with E-state index in [2.05, 4.69) is 5.32 Å². The molecule has 1 amide bonds. The van der Waals surface area contributed by atoms with Gasteiger partial charge < -0.3 is 11.1 Å². The van der Waals surface area contributed by atoms with E-state index in [-0.39, 0.29) is 29.2 Å². The molecule has 0 aliphatic heterocycles. The number of anilines is 1.